The van der Waals surface area contributed by atoms with Gasteiger partial charge in [0.2, 0.25) is 5.91 Å². The highest BCUT2D eigenvalue weighted by Gasteiger charge is 2.27. The monoisotopic (exact) mass is 311 g/mol. The predicted molar refractivity (Wildman–Crippen MR) is 92.9 cm³/mol. The van der Waals surface area contributed by atoms with Crippen LogP contribution in [0.4, 0.5) is 11.4 Å². The normalized spacial score (nSPS) is 17.6. The van der Waals surface area contributed by atoms with E-state index in [1.54, 1.807) is 0 Å². The molecule has 0 unspecified atom stereocenters. The first-order valence-electron chi connectivity index (χ1n) is 7.55. The van der Waals surface area contributed by atoms with Crippen molar-refractivity contribution in [2.75, 3.05) is 5.32 Å². The number of amidine groups is 1. The fourth-order valence-electron chi connectivity index (χ4n) is 2.59. The molecule has 1 aliphatic carbocycles. The number of carbonyl (C=O) groups is 1. The van der Waals surface area contributed by atoms with Crippen molar-refractivity contribution in [3.63, 3.8) is 0 Å². The maximum Gasteiger partial charge on any atom is 0.233 e. The summed E-state index contributed by atoms with van der Waals surface area (Å²) in [6.45, 7) is 1.92. The second-order valence-electron chi connectivity index (χ2n) is 5.77. The van der Waals surface area contributed by atoms with E-state index in [-0.39, 0.29) is 11.2 Å². The number of carbonyl (C=O) groups excluding carboxylic acids is 1. The van der Waals surface area contributed by atoms with Crippen molar-refractivity contribution >= 4 is 45.0 Å². The molecule has 1 amide bonds. The second kappa shape index (κ2) is 5.32. The Balaban J connectivity index is 1.57. The van der Waals surface area contributed by atoms with Crippen molar-refractivity contribution in [2.45, 2.75) is 31.1 Å². The molecule has 0 radical (unpaired) electrons. The first kappa shape index (κ1) is 13.6. The molecule has 112 valence electrons. The van der Waals surface area contributed by atoms with Gasteiger partial charge in [0.25, 0.3) is 0 Å². The van der Waals surface area contributed by atoms with Crippen molar-refractivity contribution < 1.29 is 4.79 Å². The molecule has 2 aromatic carbocycles. The fourth-order valence-corrected chi connectivity index (χ4v) is 3.42. The fraction of sp³-hybridized carbons (Fsp3) is 0.294. The minimum atomic E-state index is -0.156. The van der Waals surface area contributed by atoms with Crippen molar-refractivity contribution in [3.8, 4) is 0 Å². The SMILES string of the molecule is C[C@@H](SC1=Nc2cccc3cccc(c23)N1)C(=O)NC1CC1. The highest BCUT2D eigenvalue weighted by Crippen LogP contribution is 2.37. The molecule has 2 N–H and O–H groups in total. The van der Waals surface area contributed by atoms with Crippen molar-refractivity contribution in [2.24, 2.45) is 4.99 Å². The van der Waals surface area contributed by atoms with E-state index < -0.39 is 0 Å². The highest BCUT2D eigenvalue weighted by atomic mass is 32.2. The molecule has 2 aliphatic rings. The van der Waals surface area contributed by atoms with Gasteiger partial charge in [0.05, 0.1) is 16.6 Å². The van der Waals surface area contributed by atoms with Crippen LogP contribution in [0.25, 0.3) is 10.8 Å². The van der Waals surface area contributed by atoms with E-state index in [0.29, 0.717) is 6.04 Å². The highest BCUT2D eigenvalue weighted by molar-refractivity contribution is 8.15. The molecule has 2 aromatic rings. The van der Waals surface area contributed by atoms with Gasteiger partial charge < -0.3 is 10.6 Å². The molecule has 1 fully saturated rings. The first-order chi connectivity index (χ1) is 10.7. The summed E-state index contributed by atoms with van der Waals surface area (Å²) in [5.74, 6) is 0.0917. The van der Waals surface area contributed by atoms with Crippen LogP contribution in [-0.2, 0) is 4.79 Å². The van der Waals surface area contributed by atoms with Crippen LogP contribution in [0.2, 0.25) is 0 Å². The number of rotatable bonds is 3. The van der Waals surface area contributed by atoms with Crippen LogP contribution in [0, 0.1) is 0 Å². The zero-order valence-electron chi connectivity index (χ0n) is 12.3. The number of nitrogens with zero attached hydrogens (tertiary/aromatic N) is 1. The zero-order chi connectivity index (χ0) is 15.1. The summed E-state index contributed by atoms with van der Waals surface area (Å²) in [5.41, 5.74) is 2.02. The molecular formula is C17H17N3OS. The Kier molecular flexibility index (Phi) is 3.30. The van der Waals surface area contributed by atoms with Crippen LogP contribution < -0.4 is 10.6 Å². The van der Waals surface area contributed by atoms with Crippen molar-refractivity contribution in [1.82, 2.24) is 5.32 Å². The van der Waals surface area contributed by atoms with E-state index in [2.05, 4.69) is 33.8 Å². The van der Waals surface area contributed by atoms with Gasteiger partial charge in [-0.05, 0) is 37.3 Å². The van der Waals surface area contributed by atoms with Gasteiger partial charge in [-0.3, -0.25) is 4.79 Å². The number of benzene rings is 2. The van der Waals surface area contributed by atoms with Crippen molar-refractivity contribution in [3.05, 3.63) is 36.4 Å². The molecule has 4 rings (SSSR count). The maximum atomic E-state index is 12.1. The first-order valence-corrected chi connectivity index (χ1v) is 8.43. The predicted octanol–water partition coefficient (Wildman–Crippen LogP) is 3.65. The average Bonchev–Trinajstić information content (AvgIpc) is 3.31. The molecule has 1 saturated carbocycles. The summed E-state index contributed by atoms with van der Waals surface area (Å²) in [6, 6.07) is 12.7. The molecule has 1 heterocycles. The van der Waals surface area contributed by atoms with Crippen LogP contribution in [0.1, 0.15) is 19.8 Å². The average molecular weight is 311 g/mol. The minimum absolute atomic E-state index is 0.0917. The summed E-state index contributed by atoms with van der Waals surface area (Å²) in [7, 11) is 0. The summed E-state index contributed by atoms with van der Waals surface area (Å²) >= 11 is 1.47. The molecule has 0 spiro atoms. The molecule has 0 bridgehead atoms. The van der Waals surface area contributed by atoms with Gasteiger partial charge in [-0.25, -0.2) is 4.99 Å². The van der Waals surface area contributed by atoms with Crippen LogP contribution >= 0.6 is 11.8 Å². The molecule has 5 heteroatoms. The molecule has 0 aromatic heterocycles. The molecule has 1 atom stereocenters. The number of amides is 1. The summed E-state index contributed by atoms with van der Waals surface area (Å²) < 4.78 is 0. The van der Waals surface area contributed by atoms with E-state index in [9.17, 15) is 4.79 Å². The Labute approximate surface area is 133 Å². The van der Waals surface area contributed by atoms with Gasteiger partial charge in [0.15, 0.2) is 5.17 Å². The van der Waals surface area contributed by atoms with Gasteiger partial charge in [0.1, 0.15) is 0 Å². The van der Waals surface area contributed by atoms with E-state index >= 15 is 0 Å². The van der Waals surface area contributed by atoms with E-state index in [0.717, 1.165) is 34.8 Å². The molecular weight excluding hydrogens is 294 g/mol. The van der Waals surface area contributed by atoms with Gasteiger partial charge in [-0.15, -0.1) is 0 Å². The van der Waals surface area contributed by atoms with Crippen LogP contribution in [0.5, 0.6) is 0 Å². The maximum absolute atomic E-state index is 12.1. The lowest BCUT2D eigenvalue weighted by Gasteiger charge is -2.20. The Bertz CT molecular complexity index is 777. The topological polar surface area (TPSA) is 53.5 Å². The number of anilines is 1. The van der Waals surface area contributed by atoms with Gasteiger partial charge in [0, 0.05) is 11.4 Å². The van der Waals surface area contributed by atoms with Crippen LogP contribution in [-0.4, -0.2) is 22.4 Å². The lowest BCUT2D eigenvalue weighted by molar-refractivity contribution is -0.120. The van der Waals surface area contributed by atoms with E-state index in [4.69, 9.17) is 0 Å². The standard InChI is InChI=1S/C17H17N3OS/c1-10(16(21)18-12-8-9-12)22-17-19-13-6-2-4-11-5-3-7-14(20-17)15(11)13/h2-7,10,12H,8-9H2,1H3,(H,18,21)(H,19,20)/t10-/m1/s1. The van der Waals surface area contributed by atoms with Crippen LogP contribution in [0.15, 0.2) is 41.4 Å². The third-order valence-corrected chi connectivity index (χ3v) is 4.91. The number of hydrogen-bond donors (Lipinski definition) is 2. The number of thioether (sulfide) groups is 1. The van der Waals surface area contributed by atoms with Crippen LogP contribution in [0.3, 0.4) is 0 Å². The third-order valence-electron chi connectivity index (χ3n) is 3.93. The molecule has 1 aliphatic heterocycles. The molecule has 4 nitrogen and oxygen atoms in total. The smallest absolute Gasteiger partial charge is 0.233 e. The lowest BCUT2D eigenvalue weighted by Crippen LogP contribution is -2.33. The largest absolute Gasteiger partial charge is 0.352 e. The van der Waals surface area contributed by atoms with Gasteiger partial charge in [-0.1, -0.05) is 36.0 Å². The lowest BCUT2D eigenvalue weighted by atomic mass is 10.1. The Hall–Kier alpha value is -2.01. The van der Waals surface area contributed by atoms with Crippen molar-refractivity contribution in [1.29, 1.82) is 0 Å². The Morgan fingerprint density at radius 3 is 2.86 bits per heavy atom. The molecule has 0 saturated heterocycles. The number of aliphatic imine (C=N–C) groups is 1. The minimum Gasteiger partial charge on any atom is -0.352 e. The Morgan fingerprint density at radius 2 is 2.09 bits per heavy atom. The van der Waals surface area contributed by atoms with Gasteiger partial charge >= 0.3 is 0 Å². The number of nitrogens with one attached hydrogen (secondary N) is 2. The molecule has 22 heavy (non-hydrogen) atoms. The Morgan fingerprint density at radius 1 is 1.32 bits per heavy atom. The summed E-state index contributed by atoms with van der Waals surface area (Å²) in [6.07, 6.45) is 2.22. The van der Waals surface area contributed by atoms with Gasteiger partial charge in [-0.2, -0.15) is 0 Å². The zero-order valence-corrected chi connectivity index (χ0v) is 13.1. The summed E-state index contributed by atoms with van der Waals surface area (Å²) in [4.78, 5) is 16.8. The van der Waals surface area contributed by atoms with E-state index in [1.165, 1.54) is 17.1 Å². The quantitative estimate of drug-likeness (QED) is 0.909. The van der Waals surface area contributed by atoms with E-state index in [1.807, 2.05) is 25.1 Å². The second-order valence-corrected chi connectivity index (χ2v) is 7.10. The summed E-state index contributed by atoms with van der Waals surface area (Å²) in [5, 5.41) is 9.33. The number of hydrogen-bond acceptors (Lipinski definition) is 4. The third kappa shape index (κ3) is 2.57.